The summed E-state index contributed by atoms with van der Waals surface area (Å²) in [4.78, 5) is 24.4. The number of likely N-dealkylation sites (tertiary alicyclic amines) is 1. The molecule has 2 atom stereocenters. The number of nitrogens with zero attached hydrogens (tertiary/aromatic N) is 1. The summed E-state index contributed by atoms with van der Waals surface area (Å²) in [5, 5.41) is 8.88. The van der Waals surface area contributed by atoms with Gasteiger partial charge in [-0.2, -0.15) is 0 Å². The largest absolute Gasteiger partial charge is 0.481 e. The maximum Gasteiger partial charge on any atom is 0.308 e. The minimum atomic E-state index is -0.789. The second-order valence-electron chi connectivity index (χ2n) is 5.26. The first kappa shape index (κ1) is 12.1. The Hall–Kier alpha value is -1.32. The number of rotatable bonds is 2. The van der Waals surface area contributed by atoms with Crippen molar-refractivity contribution in [3.63, 3.8) is 0 Å². The van der Waals surface area contributed by atoms with E-state index in [9.17, 15) is 9.59 Å². The number of carbonyl (C=O) groups excluding carboxylic acids is 1. The summed E-state index contributed by atoms with van der Waals surface area (Å²) in [6, 6.07) is 0. The van der Waals surface area contributed by atoms with Gasteiger partial charge < -0.3 is 10.0 Å². The van der Waals surface area contributed by atoms with Crippen LogP contribution in [0.5, 0.6) is 0 Å². The standard InChI is InChI=1S/C13H19NO3/c1-9-2-3-10(6-9)7-12(15)14-5-4-11(8-14)13(16)17/h7,9,11H,2-6,8H2,1H3,(H,16,17)/b10-7+/t9-,11+/m1/s1. The zero-order chi connectivity index (χ0) is 12.4. The van der Waals surface area contributed by atoms with E-state index >= 15 is 0 Å². The molecule has 4 heteroatoms. The summed E-state index contributed by atoms with van der Waals surface area (Å²) in [6.07, 6.45) is 5.51. The topological polar surface area (TPSA) is 57.6 Å². The lowest BCUT2D eigenvalue weighted by atomic mass is 10.1. The van der Waals surface area contributed by atoms with Crippen LogP contribution in [-0.2, 0) is 9.59 Å². The smallest absolute Gasteiger partial charge is 0.308 e. The zero-order valence-electron chi connectivity index (χ0n) is 10.2. The van der Waals surface area contributed by atoms with E-state index in [0.29, 0.717) is 25.4 Å². The number of amides is 1. The van der Waals surface area contributed by atoms with Gasteiger partial charge in [0.25, 0.3) is 0 Å². The Morgan fingerprint density at radius 2 is 2.18 bits per heavy atom. The van der Waals surface area contributed by atoms with Gasteiger partial charge in [0.1, 0.15) is 0 Å². The molecule has 1 aliphatic carbocycles. The molecule has 17 heavy (non-hydrogen) atoms. The molecule has 1 N–H and O–H groups in total. The third-order valence-corrected chi connectivity index (χ3v) is 3.75. The lowest BCUT2D eigenvalue weighted by Crippen LogP contribution is -2.28. The number of aliphatic carboxylic acids is 1. The first-order valence-electron chi connectivity index (χ1n) is 6.27. The van der Waals surface area contributed by atoms with Gasteiger partial charge in [-0.25, -0.2) is 0 Å². The van der Waals surface area contributed by atoms with E-state index in [4.69, 9.17) is 5.11 Å². The average molecular weight is 237 g/mol. The van der Waals surface area contributed by atoms with Gasteiger partial charge in [0, 0.05) is 19.2 Å². The predicted octanol–water partition coefficient (Wildman–Crippen LogP) is 1.67. The second kappa shape index (κ2) is 4.90. The van der Waals surface area contributed by atoms with Gasteiger partial charge in [0.05, 0.1) is 5.92 Å². The molecule has 4 nitrogen and oxygen atoms in total. The van der Waals surface area contributed by atoms with Crippen LogP contribution in [0.1, 0.15) is 32.6 Å². The molecule has 0 spiro atoms. The molecule has 0 aromatic heterocycles. The van der Waals surface area contributed by atoms with Crippen LogP contribution in [-0.4, -0.2) is 35.0 Å². The van der Waals surface area contributed by atoms with E-state index in [2.05, 4.69) is 6.92 Å². The molecule has 2 aliphatic rings. The monoisotopic (exact) mass is 237 g/mol. The number of hydrogen-bond donors (Lipinski definition) is 1. The first-order valence-corrected chi connectivity index (χ1v) is 6.27. The fourth-order valence-corrected chi connectivity index (χ4v) is 2.64. The van der Waals surface area contributed by atoms with Crippen LogP contribution in [0.3, 0.4) is 0 Å². The number of carbonyl (C=O) groups is 2. The van der Waals surface area contributed by atoms with E-state index < -0.39 is 5.97 Å². The molecule has 0 bridgehead atoms. The summed E-state index contributed by atoms with van der Waals surface area (Å²) in [7, 11) is 0. The van der Waals surface area contributed by atoms with E-state index in [1.165, 1.54) is 5.57 Å². The Labute approximate surface area is 101 Å². The van der Waals surface area contributed by atoms with E-state index in [1.54, 1.807) is 11.0 Å². The van der Waals surface area contributed by atoms with Gasteiger partial charge in [-0.1, -0.05) is 12.5 Å². The maximum absolute atomic E-state index is 11.9. The van der Waals surface area contributed by atoms with Crippen LogP contribution < -0.4 is 0 Å². The normalized spacial score (nSPS) is 31.1. The van der Waals surface area contributed by atoms with Crippen molar-refractivity contribution in [2.45, 2.75) is 32.6 Å². The molecule has 1 aliphatic heterocycles. The quantitative estimate of drug-likeness (QED) is 0.743. The fraction of sp³-hybridized carbons (Fsp3) is 0.692. The van der Waals surface area contributed by atoms with Gasteiger partial charge >= 0.3 is 5.97 Å². The minimum absolute atomic E-state index is 0.00199. The van der Waals surface area contributed by atoms with Crippen LogP contribution in [0.25, 0.3) is 0 Å². The first-order chi connectivity index (χ1) is 8.06. The zero-order valence-corrected chi connectivity index (χ0v) is 10.2. The highest BCUT2D eigenvalue weighted by Crippen LogP contribution is 2.29. The summed E-state index contributed by atoms with van der Waals surface area (Å²) >= 11 is 0. The van der Waals surface area contributed by atoms with Crippen molar-refractivity contribution in [2.75, 3.05) is 13.1 Å². The van der Waals surface area contributed by atoms with Crippen molar-refractivity contribution in [1.29, 1.82) is 0 Å². The molecule has 2 rings (SSSR count). The molecule has 0 radical (unpaired) electrons. The van der Waals surface area contributed by atoms with Gasteiger partial charge in [0.15, 0.2) is 0 Å². The van der Waals surface area contributed by atoms with E-state index in [-0.39, 0.29) is 11.8 Å². The van der Waals surface area contributed by atoms with Crippen LogP contribution in [0.15, 0.2) is 11.6 Å². The van der Waals surface area contributed by atoms with Crippen molar-refractivity contribution in [2.24, 2.45) is 11.8 Å². The summed E-state index contributed by atoms with van der Waals surface area (Å²) in [5.74, 6) is -0.487. The van der Waals surface area contributed by atoms with Gasteiger partial charge in [-0.05, 0) is 31.6 Å². The minimum Gasteiger partial charge on any atom is -0.481 e. The highest BCUT2D eigenvalue weighted by molar-refractivity contribution is 5.89. The highest BCUT2D eigenvalue weighted by Gasteiger charge is 2.30. The molecule has 0 aromatic carbocycles. The Kier molecular flexibility index (Phi) is 3.50. The third kappa shape index (κ3) is 2.87. The van der Waals surface area contributed by atoms with E-state index in [0.717, 1.165) is 19.3 Å². The molecule has 0 aromatic rings. The van der Waals surface area contributed by atoms with Crippen LogP contribution in [0.2, 0.25) is 0 Å². The molecule has 94 valence electrons. The van der Waals surface area contributed by atoms with E-state index in [1.807, 2.05) is 0 Å². The van der Waals surface area contributed by atoms with Crippen molar-refractivity contribution >= 4 is 11.9 Å². The van der Waals surface area contributed by atoms with Crippen LogP contribution >= 0.6 is 0 Å². The number of allylic oxidation sites excluding steroid dienone is 1. The molecule has 1 saturated heterocycles. The van der Waals surface area contributed by atoms with Crippen molar-refractivity contribution in [1.82, 2.24) is 4.90 Å². The van der Waals surface area contributed by atoms with Crippen molar-refractivity contribution in [3.05, 3.63) is 11.6 Å². The number of carboxylic acid groups (broad SMARTS) is 1. The average Bonchev–Trinajstić information content (AvgIpc) is 2.86. The third-order valence-electron chi connectivity index (χ3n) is 3.75. The Balaban J connectivity index is 1.91. The number of hydrogen-bond acceptors (Lipinski definition) is 2. The summed E-state index contributed by atoms with van der Waals surface area (Å²) in [6.45, 7) is 3.14. The Morgan fingerprint density at radius 3 is 2.71 bits per heavy atom. The lowest BCUT2D eigenvalue weighted by molar-refractivity contribution is -0.141. The second-order valence-corrected chi connectivity index (χ2v) is 5.26. The molecule has 1 saturated carbocycles. The molecule has 2 fully saturated rings. The van der Waals surface area contributed by atoms with Gasteiger partial charge in [0.2, 0.25) is 5.91 Å². The Bertz CT molecular complexity index is 362. The fourth-order valence-electron chi connectivity index (χ4n) is 2.64. The molecule has 1 amide bonds. The van der Waals surface area contributed by atoms with Gasteiger partial charge in [-0.3, -0.25) is 9.59 Å². The van der Waals surface area contributed by atoms with Crippen molar-refractivity contribution in [3.8, 4) is 0 Å². The van der Waals surface area contributed by atoms with Gasteiger partial charge in [-0.15, -0.1) is 0 Å². The molecule has 1 heterocycles. The molecular weight excluding hydrogens is 218 g/mol. The Morgan fingerprint density at radius 1 is 1.41 bits per heavy atom. The summed E-state index contributed by atoms with van der Waals surface area (Å²) < 4.78 is 0. The maximum atomic E-state index is 11.9. The number of carboxylic acids is 1. The predicted molar refractivity (Wildman–Crippen MR) is 63.4 cm³/mol. The lowest BCUT2D eigenvalue weighted by Gasteiger charge is -2.13. The molecule has 0 unspecified atom stereocenters. The highest BCUT2D eigenvalue weighted by atomic mass is 16.4. The van der Waals surface area contributed by atoms with Crippen LogP contribution in [0, 0.1) is 11.8 Å². The van der Waals surface area contributed by atoms with Crippen molar-refractivity contribution < 1.29 is 14.7 Å². The van der Waals surface area contributed by atoms with Crippen LogP contribution in [0.4, 0.5) is 0 Å². The summed E-state index contributed by atoms with van der Waals surface area (Å²) in [5.41, 5.74) is 1.22. The molecular formula is C13H19NO3. The SMILES string of the molecule is C[C@@H]1CC/C(=C\C(=O)N2CC[C@H](C(=O)O)C2)C1.